The van der Waals surface area contributed by atoms with E-state index in [2.05, 4.69) is 11.4 Å². The highest BCUT2D eigenvalue weighted by molar-refractivity contribution is 5.02. The molecule has 1 aliphatic rings. The fraction of sp³-hybridized carbons (Fsp3) is 0.875. The first kappa shape index (κ1) is 7.56. The van der Waals surface area contributed by atoms with Gasteiger partial charge >= 0.3 is 0 Å². The molecule has 0 radical (unpaired) electrons. The van der Waals surface area contributed by atoms with Crippen LogP contribution in [0.5, 0.6) is 0 Å². The Kier molecular flexibility index (Phi) is 2.29. The van der Waals surface area contributed by atoms with Crippen LogP contribution >= 0.6 is 0 Å². The molecule has 0 spiro atoms. The molecule has 0 saturated heterocycles. The molecule has 2 heteroatoms. The van der Waals surface area contributed by atoms with Gasteiger partial charge in [0.2, 0.25) is 0 Å². The van der Waals surface area contributed by atoms with Gasteiger partial charge in [-0.25, -0.2) is 0 Å². The van der Waals surface area contributed by atoms with Gasteiger partial charge in [-0.3, -0.25) is 0 Å². The molecule has 1 fully saturated rings. The molecule has 0 unspecified atom stereocenters. The minimum Gasteiger partial charge on any atom is -0.318 e. The third kappa shape index (κ3) is 1.30. The quantitative estimate of drug-likeness (QED) is 0.624. The number of rotatable bonds is 2. The van der Waals surface area contributed by atoms with Crippen LogP contribution in [-0.2, 0) is 0 Å². The van der Waals surface area contributed by atoms with Crippen LogP contribution in [0, 0.1) is 16.7 Å². The Morgan fingerprint density at radius 3 is 2.50 bits per heavy atom. The van der Waals surface area contributed by atoms with Crippen LogP contribution in [0.25, 0.3) is 0 Å². The first-order valence-corrected chi connectivity index (χ1v) is 3.89. The van der Waals surface area contributed by atoms with E-state index in [-0.39, 0.29) is 5.41 Å². The molecule has 0 aliphatic heterocycles. The van der Waals surface area contributed by atoms with Gasteiger partial charge in [0.05, 0.1) is 11.5 Å². The van der Waals surface area contributed by atoms with Gasteiger partial charge in [0, 0.05) is 6.54 Å². The molecule has 1 saturated carbocycles. The van der Waals surface area contributed by atoms with E-state index in [1.807, 2.05) is 7.05 Å². The van der Waals surface area contributed by atoms with Crippen molar-refractivity contribution in [1.29, 1.82) is 5.26 Å². The van der Waals surface area contributed by atoms with E-state index in [0.717, 1.165) is 19.4 Å². The fourth-order valence-electron chi connectivity index (χ4n) is 1.72. The largest absolute Gasteiger partial charge is 0.318 e. The molecular weight excluding hydrogens is 124 g/mol. The highest BCUT2D eigenvalue weighted by atomic mass is 14.8. The zero-order valence-electron chi connectivity index (χ0n) is 6.48. The van der Waals surface area contributed by atoms with Crippen LogP contribution in [0.3, 0.4) is 0 Å². The Morgan fingerprint density at radius 1 is 1.50 bits per heavy atom. The average molecular weight is 138 g/mol. The Bertz CT molecular complexity index is 140. The molecule has 10 heavy (non-hydrogen) atoms. The maximum absolute atomic E-state index is 8.86. The molecule has 0 aromatic carbocycles. The molecule has 0 amide bonds. The van der Waals surface area contributed by atoms with Crippen LogP contribution in [0.2, 0.25) is 0 Å². The Labute approximate surface area is 62.2 Å². The lowest BCUT2D eigenvalue weighted by Crippen LogP contribution is -2.28. The summed E-state index contributed by atoms with van der Waals surface area (Å²) in [4.78, 5) is 0. The summed E-state index contributed by atoms with van der Waals surface area (Å²) in [5.41, 5.74) is -0.0191. The smallest absolute Gasteiger partial charge is 0.0703 e. The molecule has 1 aliphatic carbocycles. The Hall–Kier alpha value is -0.550. The summed E-state index contributed by atoms with van der Waals surface area (Å²) in [6.45, 7) is 0.865. The molecule has 0 bridgehead atoms. The molecule has 0 aromatic heterocycles. The summed E-state index contributed by atoms with van der Waals surface area (Å²) in [6, 6.07) is 2.42. The second-order valence-electron chi connectivity index (χ2n) is 3.13. The van der Waals surface area contributed by atoms with Crippen molar-refractivity contribution >= 4 is 0 Å². The maximum atomic E-state index is 8.86. The zero-order valence-corrected chi connectivity index (χ0v) is 6.48. The standard InChI is InChI=1S/C8H14N2/c1-10-7-8(6-9)4-2-3-5-8/h10H,2-5,7H2,1H3. The van der Waals surface area contributed by atoms with Crippen molar-refractivity contribution in [3.63, 3.8) is 0 Å². The molecular formula is C8H14N2. The van der Waals surface area contributed by atoms with E-state index in [1.165, 1.54) is 12.8 Å². The van der Waals surface area contributed by atoms with Gasteiger partial charge in [-0.2, -0.15) is 5.26 Å². The summed E-state index contributed by atoms with van der Waals surface area (Å²) < 4.78 is 0. The lowest BCUT2D eigenvalue weighted by atomic mass is 9.88. The minimum absolute atomic E-state index is 0.0191. The van der Waals surface area contributed by atoms with Crippen molar-refractivity contribution < 1.29 is 0 Å². The van der Waals surface area contributed by atoms with E-state index < -0.39 is 0 Å². The van der Waals surface area contributed by atoms with Crippen LogP contribution in [0.1, 0.15) is 25.7 Å². The van der Waals surface area contributed by atoms with Crippen molar-refractivity contribution in [1.82, 2.24) is 5.32 Å². The minimum atomic E-state index is -0.0191. The second-order valence-corrected chi connectivity index (χ2v) is 3.13. The summed E-state index contributed by atoms with van der Waals surface area (Å²) in [7, 11) is 1.91. The van der Waals surface area contributed by atoms with Crippen molar-refractivity contribution in [2.24, 2.45) is 5.41 Å². The topological polar surface area (TPSA) is 35.8 Å². The molecule has 1 N–H and O–H groups in total. The Balaban J connectivity index is 2.51. The summed E-state index contributed by atoms with van der Waals surface area (Å²) in [6.07, 6.45) is 4.64. The lowest BCUT2D eigenvalue weighted by molar-refractivity contribution is 0.393. The first-order chi connectivity index (χ1) is 4.83. The van der Waals surface area contributed by atoms with Gasteiger partial charge in [-0.05, 0) is 19.9 Å². The van der Waals surface area contributed by atoms with Crippen molar-refractivity contribution in [3.05, 3.63) is 0 Å². The van der Waals surface area contributed by atoms with E-state index in [4.69, 9.17) is 5.26 Å². The van der Waals surface area contributed by atoms with Crippen LogP contribution in [0.15, 0.2) is 0 Å². The van der Waals surface area contributed by atoms with E-state index >= 15 is 0 Å². The van der Waals surface area contributed by atoms with Crippen LogP contribution in [0.4, 0.5) is 0 Å². The molecule has 0 aromatic rings. The summed E-state index contributed by atoms with van der Waals surface area (Å²) in [5, 5.41) is 11.9. The molecule has 2 nitrogen and oxygen atoms in total. The normalized spacial score (nSPS) is 22.4. The fourth-order valence-corrected chi connectivity index (χ4v) is 1.72. The number of hydrogen-bond donors (Lipinski definition) is 1. The van der Waals surface area contributed by atoms with Crippen LogP contribution < -0.4 is 5.32 Å². The number of nitriles is 1. The predicted octanol–water partition coefficient (Wildman–Crippen LogP) is 1.29. The van der Waals surface area contributed by atoms with E-state index in [0.29, 0.717) is 0 Å². The molecule has 0 heterocycles. The SMILES string of the molecule is CNCC1(C#N)CCCC1. The van der Waals surface area contributed by atoms with E-state index in [9.17, 15) is 0 Å². The number of hydrogen-bond acceptors (Lipinski definition) is 2. The molecule has 0 atom stereocenters. The highest BCUT2D eigenvalue weighted by Crippen LogP contribution is 2.36. The monoisotopic (exact) mass is 138 g/mol. The van der Waals surface area contributed by atoms with Crippen molar-refractivity contribution in [2.45, 2.75) is 25.7 Å². The third-order valence-electron chi connectivity index (χ3n) is 2.31. The summed E-state index contributed by atoms with van der Waals surface area (Å²) >= 11 is 0. The van der Waals surface area contributed by atoms with Gasteiger partial charge in [-0.15, -0.1) is 0 Å². The highest BCUT2D eigenvalue weighted by Gasteiger charge is 2.32. The molecule has 1 rings (SSSR count). The zero-order chi connectivity index (χ0) is 7.45. The van der Waals surface area contributed by atoms with Crippen LogP contribution in [-0.4, -0.2) is 13.6 Å². The van der Waals surface area contributed by atoms with Crippen molar-refractivity contribution in [3.8, 4) is 6.07 Å². The summed E-state index contributed by atoms with van der Waals surface area (Å²) in [5.74, 6) is 0. The van der Waals surface area contributed by atoms with Gasteiger partial charge in [-0.1, -0.05) is 12.8 Å². The third-order valence-corrected chi connectivity index (χ3v) is 2.31. The van der Waals surface area contributed by atoms with Gasteiger partial charge in [0.25, 0.3) is 0 Å². The predicted molar refractivity (Wildman–Crippen MR) is 40.4 cm³/mol. The van der Waals surface area contributed by atoms with Crippen molar-refractivity contribution in [2.75, 3.05) is 13.6 Å². The second kappa shape index (κ2) is 3.03. The first-order valence-electron chi connectivity index (χ1n) is 3.89. The molecule has 56 valence electrons. The van der Waals surface area contributed by atoms with Gasteiger partial charge in [0.15, 0.2) is 0 Å². The van der Waals surface area contributed by atoms with E-state index in [1.54, 1.807) is 0 Å². The average Bonchev–Trinajstić information content (AvgIpc) is 2.39. The maximum Gasteiger partial charge on any atom is 0.0703 e. The van der Waals surface area contributed by atoms with Gasteiger partial charge < -0.3 is 5.32 Å². The number of nitrogens with zero attached hydrogens (tertiary/aromatic N) is 1. The van der Waals surface area contributed by atoms with Gasteiger partial charge in [0.1, 0.15) is 0 Å². The Morgan fingerprint density at radius 2 is 2.10 bits per heavy atom. The number of nitrogens with one attached hydrogen (secondary N) is 1. The lowest BCUT2D eigenvalue weighted by Gasteiger charge is -2.18.